The number of pyridine rings is 2. The topological polar surface area (TPSA) is 67.8 Å². The summed E-state index contributed by atoms with van der Waals surface area (Å²) in [5.41, 5.74) is 0.546. The molecule has 8 heteroatoms. The monoisotopic (exact) mass is 350 g/mol. The third-order valence-corrected chi connectivity index (χ3v) is 4.23. The van der Waals surface area contributed by atoms with Crippen LogP contribution in [0.15, 0.2) is 18.2 Å². The van der Waals surface area contributed by atoms with Crippen LogP contribution in [0.2, 0.25) is 5.02 Å². The fourth-order valence-electron chi connectivity index (χ4n) is 2.64. The predicted molar refractivity (Wildman–Crippen MR) is 91.9 cm³/mol. The molecule has 24 heavy (non-hydrogen) atoms. The molecule has 0 spiro atoms. The van der Waals surface area contributed by atoms with Crippen LogP contribution in [-0.2, 0) is 4.74 Å². The Kier molecular flexibility index (Phi) is 4.89. The van der Waals surface area contributed by atoms with E-state index in [1.54, 1.807) is 25.0 Å². The van der Waals surface area contributed by atoms with Crippen molar-refractivity contribution in [1.29, 1.82) is 0 Å². The first-order valence-corrected chi connectivity index (χ1v) is 8.18. The van der Waals surface area contributed by atoms with Crippen LogP contribution >= 0.6 is 11.6 Å². The van der Waals surface area contributed by atoms with E-state index in [9.17, 15) is 4.79 Å². The Morgan fingerprint density at radius 1 is 1.25 bits per heavy atom. The number of aromatic nitrogens is 2. The first-order chi connectivity index (χ1) is 11.6. The summed E-state index contributed by atoms with van der Waals surface area (Å²) in [5, 5.41) is 1.38. The molecular formula is C16H19ClN4O3. The summed E-state index contributed by atoms with van der Waals surface area (Å²) in [6.07, 6.45) is -0.270. The van der Waals surface area contributed by atoms with Gasteiger partial charge in [0.1, 0.15) is 5.82 Å². The van der Waals surface area contributed by atoms with Crippen LogP contribution in [-0.4, -0.2) is 60.9 Å². The van der Waals surface area contributed by atoms with Crippen molar-refractivity contribution >= 4 is 34.5 Å². The standard InChI is InChI=1S/C16H19ClN4O3/c1-3-24-16(22)21-8-6-20(7-9-21)13-10-12(17)11-4-5-14(23-2)19-15(11)18-13/h4-5,10H,3,6-9H2,1-2H3. The minimum atomic E-state index is -0.270. The van der Waals surface area contributed by atoms with Crippen LogP contribution in [0.3, 0.4) is 0 Å². The molecule has 3 rings (SSSR count). The van der Waals surface area contributed by atoms with Crippen LogP contribution in [0.4, 0.5) is 10.6 Å². The van der Waals surface area contributed by atoms with Gasteiger partial charge in [-0.25, -0.2) is 9.78 Å². The van der Waals surface area contributed by atoms with Crippen molar-refractivity contribution in [3.05, 3.63) is 23.2 Å². The predicted octanol–water partition coefficient (Wildman–Crippen LogP) is 2.57. The lowest BCUT2D eigenvalue weighted by molar-refractivity contribution is 0.105. The lowest BCUT2D eigenvalue weighted by atomic mass is 10.2. The number of hydrogen-bond acceptors (Lipinski definition) is 6. The molecule has 1 saturated heterocycles. The Labute approximate surface area is 145 Å². The second-order valence-corrected chi connectivity index (χ2v) is 5.77. The molecule has 0 aliphatic carbocycles. The molecule has 1 aliphatic heterocycles. The summed E-state index contributed by atoms with van der Waals surface area (Å²) in [4.78, 5) is 24.5. The zero-order valence-electron chi connectivity index (χ0n) is 13.7. The maximum atomic E-state index is 11.8. The normalized spacial score (nSPS) is 14.8. The number of carbonyl (C=O) groups is 1. The molecule has 0 atom stereocenters. The number of halogens is 1. The van der Waals surface area contributed by atoms with Crippen LogP contribution in [0.1, 0.15) is 6.92 Å². The summed E-state index contributed by atoms with van der Waals surface area (Å²) < 4.78 is 10.2. The molecule has 0 saturated carbocycles. The van der Waals surface area contributed by atoms with Gasteiger partial charge in [-0.1, -0.05) is 11.6 Å². The Hall–Kier alpha value is -2.28. The minimum absolute atomic E-state index is 0.270. The number of fused-ring (bicyclic) bond motifs is 1. The molecule has 0 radical (unpaired) electrons. The number of amides is 1. The summed E-state index contributed by atoms with van der Waals surface area (Å²) in [6, 6.07) is 5.44. The smallest absolute Gasteiger partial charge is 0.409 e. The highest BCUT2D eigenvalue weighted by atomic mass is 35.5. The van der Waals surface area contributed by atoms with Crippen LogP contribution in [0, 0.1) is 0 Å². The molecule has 3 heterocycles. The number of nitrogens with zero attached hydrogens (tertiary/aromatic N) is 4. The van der Waals surface area contributed by atoms with Gasteiger partial charge >= 0.3 is 6.09 Å². The van der Waals surface area contributed by atoms with E-state index in [-0.39, 0.29) is 6.09 Å². The number of carbonyl (C=O) groups excluding carboxylic acids is 1. The highest BCUT2D eigenvalue weighted by Crippen LogP contribution is 2.28. The molecule has 0 bridgehead atoms. The summed E-state index contributed by atoms with van der Waals surface area (Å²) in [7, 11) is 1.56. The van der Waals surface area contributed by atoms with Crippen molar-refractivity contribution in [3.8, 4) is 5.88 Å². The number of piperazine rings is 1. The van der Waals surface area contributed by atoms with Crippen molar-refractivity contribution in [2.24, 2.45) is 0 Å². The zero-order chi connectivity index (χ0) is 17.1. The molecule has 2 aromatic heterocycles. The van der Waals surface area contributed by atoms with Gasteiger partial charge in [0.25, 0.3) is 0 Å². The Morgan fingerprint density at radius 3 is 2.67 bits per heavy atom. The number of methoxy groups -OCH3 is 1. The van der Waals surface area contributed by atoms with Crippen LogP contribution in [0.25, 0.3) is 11.0 Å². The van der Waals surface area contributed by atoms with Gasteiger partial charge in [-0.2, -0.15) is 4.98 Å². The molecule has 0 aromatic carbocycles. The average molecular weight is 351 g/mol. The molecule has 2 aromatic rings. The summed E-state index contributed by atoms with van der Waals surface area (Å²) in [5.74, 6) is 1.24. The molecular weight excluding hydrogens is 332 g/mol. The third-order valence-electron chi connectivity index (χ3n) is 3.92. The highest BCUT2D eigenvalue weighted by Gasteiger charge is 2.23. The second kappa shape index (κ2) is 7.09. The van der Waals surface area contributed by atoms with Crippen molar-refractivity contribution in [2.75, 3.05) is 44.8 Å². The number of rotatable bonds is 3. The van der Waals surface area contributed by atoms with Gasteiger partial charge in [0.15, 0.2) is 5.65 Å². The maximum absolute atomic E-state index is 11.8. The van der Waals surface area contributed by atoms with Crippen LogP contribution < -0.4 is 9.64 Å². The van der Waals surface area contributed by atoms with Gasteiger partial charge in [0.2, 0.25) is 5.88 Å². The SMILES string of the molecule is CCOC(=O)N1CCN(c2cc(Cl)c3ccc(OC)nc3n2)CC1. The van der Waals surface area contributed by atoms with Gasteiger partial charge in [0.05, 0.1) is 18.7 Å². The van der Waals surface area contributed by atoms with E-state index in [4.69, 9.17) is 21.1 Å². The number of hydrogen-bond donors (Lipinski definition) is 0. The second-order valence-electron chi connectivity index (χ2n) is 5.36. The van der Waals surface area contributed by atoms with E-state index < -0.39 is 0 Å². The first-order valence-electron chi connectivity index (χ1n) is 7.80. The van der Waals surface area contributed by atoms with E-state index in [1.165, 1.54) is 0 Å². The summed E-state index contributed by atoms with van der Waals surface area (Å²) in [6.45, 7) is 4.68. The van der Waals surface area contributed by atoms with E-state index in [0.717, 1.165) is 11.2 Å². The Morgan fingerprint density at radius 2 is 2.00 bits per heavy atom. The molecule has 0 N–H and O–H groups in total. The Balaban J connectivity index is 1.79. The lowest BCUT2D eigenvalue weighted by Gasteiger charge is -2.34. The van der Waals surface area contributed by atoms with Gasteiger partial charge in [0, 0.05) is 43.7 Å². The van der Waals surface area contributed by atoms with Crippen molar-refractivity contribution < 1.29 is 14.3 Å². The third kappa shape index (κ3) is 3.31. The molecule has 128 valence electrons. The lowest BCUT2D eigenvalue weighted by Crippen LogP contribution is -2.49. The molecule has 1 aliphatic rings. The largest absolute Gasteiger partial charge is 0.481 e. The Bertz CT molecular complexity index is 747. The number of anilines is 1. The van der Waals surface area contributed by atoms with E-state index >= 15 is 0 Å². The first kappa shape index (κ1) is 16.6. The van der Waals surface area contributed by atoms with Crippen molar-refractivity contribution in [3.63, 3.8) is 0 Å². The van der Waals surface area contributed by atoms with Crippen LogP contribution in [0.5, 0.6) is 5.88 Å². The highest BCUT2D eigenvalue weighted by molar-refractivity contribution is 6.35. The molecule has 7 nitrogen and oxygen atoms in total. The van der Waals surface area contributed by atoms with Gasteiger partial charge in [-0.3, -0.25) is 0 Å². The van der Waals surface area contributed by atoms with E-state index in [1.807, 2.05) is 12.1 Å². The molecule has 0 unspecified atom stereocenters. The van der Waals surface area contributed by atoms with E-state index in [2.05, 4.69) is 14.9 Å². The van der Waals surface area contributed by atoms with Crippen molar-refractivity contribution in [2.45, 2.75) is 6.92 Å². The van der Waals surface area contributed by atoms with Gasteiger partial charge in [-0.05, 0) is 13.0 Å². The number of ether oxygens (including phenoxy) is 2. The molecule has 1 fully saturated rings. The van der Waals surface area contributed by atoms with Gasteiger partial charge in [-0.15, -0.1) is 0 Å². The quantitative estimate of drug-likeness (QED) is 0.847. The minimum Gasteiger partial charge on any atom is -0.481 e. The van der Waals surface area contributed by atoms with Gasteiger partial charge < -0.3 is 19.3 Å². The fraction of sp³-hybridized carbons (Fsp3) is 0.438. The van der Waals surface area contributed by atoms with E-state index in [0.29, 0.717) is 49.3 Å². The van der Waals surface area contributed by atoms with Crippen molar-refractivity contribution in [1.82, 2.24) is 14.9 Å². The zero-order valence-corrected chi connectivity index (χ0v) is 14.4. The fourth-order valence-corrected chi connectivity index (χ4v) is 2.89. The maximum Gasteiger partial charge on any atom is 0.409 e. The average Bonchev–Trinajstić information content (AvgIpc) is 2.61. The molecule has 1 amide bonds. The summed E-state index contributed by atoms with van der Waals surface area (Å²) >= 11 is 6.37.